The topological polar surface area (TPSA) is 88.0 Å². The van der Waals surface area contributed by atoms with Crippen LogP contribution >= 0.6 is 11.6 Å². The zero-order chi connectivity index (χ0) is 19.6. The van der Waals surface area contributed by atoms with Crippen LogP contribution in [0.15, 0.2) is 52.5 Å². The predicted octanol–water partition coefficient (Wildman–Crippen LogP) is 2.85. The fourth-order valence-electron chi connectivity index (χ4n) is 2.72. The van der Waals surface area contributed by atoms with E-state index in [0.717, 1.165) is 19.3 Å². The number of aryl methyl sites for hydroxylation is 1. The van der Waals surface area contributed by atoms with Gasteiger partial charge in [0.15, 0.2) is 5.78 Å². The first-order valence-corrected chi connectivity index (χ1v) is 9.32. The first-order chi connectivity index (χ1) is 13.0. The Morgan fingerprint density at radius 3 is 2.59 bits per heavy atom. The Labute approximate surface area is 163 Å². The van der Waals surface area contributed by atoms with Crippen molar-refractivity contribution in [2.24, 2.45) is 15.9 Å². The van der Waals surface area contributed by atoms with Crippen molar-refractivity contribution in [1.82, 2.24) is 5.32 Å². The number of unbranched alkanes of at least 4 members (excludes halogenated alkanes) is 1. The van der Waals surface area contributed by atoms with Gasteiger partial charge in [-0.25, -0.2) is 4.99 Å². The number of carbonyl (C=O) groups is 3. The molecule has 0 fully saturated rings. The molecule has 0 radical (unpaired) electrons. The van der Waals surface area contributed by atoms with E-state index < -0.39 is 5.92 Å². The lowest BCUT2D eigenvalue weighted by Crippen LogP contribution is -2.35. The standard InChI is InChI=1S/C20H22ClN3O3/c1-14(25)22-20-23-18(12-11-16(26)13-21)17(19(27)24-20)10-6-5-9-15-7-3-2-4-8-15/h2-4,7-8,11-12,17H,5-6,9-10,13H2,1H3,(H,22,24,25,27)/b12-11+. The zero-order valence-corrected chi connectivity index (χ0v) is 15.9. The average molecular weight is 388 g/mol. The molecule has 1 aromatic carbocycles. The molecule has 2 rings (SSSR count). The van der Waals surface area contributed by atoms with Crippen molar-refractivity contribution in [3.05, 3.63) is 48.0 Å². The number of aliphatic imine (C=N–C) groups is 2. The van der Waals surface area contributed by atoms with Gasteiger partial charge in [-0.05, 0) is 37.0 Å². The van der Waals surface area contributed by atoms with E-state index in [1.807, 2.05) is 18.2 Å². The van der Waals surface area contributed by atoms with E-state index in [0.29, 0.717) is 12.1 Å². The van der Waals surface area contributed by atoms with Gasteiger partial charge in [0.25, 0.3) is 5.91 Å². The summed E-state index contributed by atoms with van der Waals surface area (Å²) in [5.41, 5.74) is 1.66. The van der Waals surface area contributed by atoms with E-state index in [-0.39, 0.29) is 29.4 Å². The minimum atomic E-state index is -0.530. The van der Waals surface area contributed by atoms with Gasteiger partial charge < -0.3 is 0 Å². The van der Waals surface area contributed by atoms with Gasteiger partial charge >= 0.3 is 0 Å². The van der Waals surface area contributed by atoms with E-state index in [1.165, 1.54) is 24.6 Å². The van der Waals surface area contributed by atoms with Crippen molar-refractivity contribution in [3.63, 3.8) is 0 Å². The highest BCUT2D eigenvalue weighted by Crippen LogP contribution is 2.19. The van der Waals surface area contributed by atoms with Crippen LogP contribution in [-0.2, 0) is 20.8 Å². The Hall–Kier alpha value is -2.60. The molecule has 6 nitrogen and oxygen atoms in total. The number of guanidine groups is 1. The molecule has 1 aliphatic heterocycles. The van der Waals surface area contributed by atoms with Crippen LogP contribution in [-0.4, -0.2) is 35.1 Å². The fourth-order valence-corrected chi connectivity index (χ4v) is 2.81. The molecule has 1 atom stereocenters. The van der Waals surface area contributed by atoms with Gasteiger partial charge in [0.1, 0.15) is 0 Å². The zero-order valence-electron chi connectivity index (χ0n) is 15.2. The number of benzene rings is 1. The van der Waals surface area contributed by atoms with Gasteiger partial charge in [-0.2, -0.15) is 4.99 Å². The molecule has 1 N–H and O–H groups in total. The molecule has 0 saturated heterocycles. The van der Waals surface area contributed by atoms with E-state index in [1.54, 1.807) is 0 Å². The monoisotopic (exact) mass is 387 g/mol. The molecule has 1 aromatic rings. The SMILES string of the molecule is CC(=O)NC1=NC(=O)C(CCCCc2ccccc2)C(/C=C/C(=O)CCl)=N1. The fraction of sp³-hybridized carbons (Fsp3) is 0.350. The van der Waals surface area contributed by atoms with Crippen molar-refractivity contribution in [1.29, 1.82) is 0 Å². The Morgan fingerprint density at radius 1 is 1.19 bits per heavy atom. The Morgan fingerprint density at radius 2 is 1.93 bits per heavy atom. The highest BCUT2D eigenvalue weighted by molar-refractivity contribution is 6.30. The number of hydrogen-bond acceptors (Lipinski definition) is 4. The van der Waals surface area contributed by atoms with Gasteiger partial charge in [0.2, 0.25) is 11.9 Å². The molecule has 7 heteroatoms. The van der Waals surface area contributed by atoms with Crippen LogP contribution in [0.4, 0.5) is 0 Å². The first kappa shape index (κ1) is 20.7. The molecule has 142 valence electrons. The van der Waals surface area contributed by atoms with E-state index in [4.69, 9.17) is 11.6 Å². The Kier molecular flexibility index (Phi) is 8.07. The highest BCUT2D eigenvalue weighted by Gasteiger charge is 2.27. The maximum Gasteiger partial charge on any atom is 0.258 e. The molecule has 1 unspecified atom stereocenters. The second-order valence-electron chi connectivity index (χ2n) is 6.21. The van der Waals surface area contributed by atoms with Gasteiger partial charge in [-0.15, -0.1) is 11.6 Å². The summed E-state index contributed by atoms with van der Waals surface area (Å²) >= 11 is 5.50. The van der Waals surface area contributed by atoms with Crippen LogP contribution < -0.4 is 5.32 Å². The van der Waals surface area contributed by atoms with Crippen LogP contribution in [0.3, 0.4) is 0 Å². The van der Waals surface area contributed by atoms with Crippen LogP contribution in [0.1, 0.15) is 31.7 Å². The largest absolute Gasteiger partial charge is 0.295 e. The highest BCUT2D eigenvalue weighted by atomic mass is 35.5. The molecule has 0 bridgehead atoms. The third-order valence-electron chi connectivity index (χ3n) is 4.02. The summed E-state index contributed by atoms with van der Waals surface area (Å²) in [4.78, 5) is 43.2. The molecule has 0 saturated carbocycles. The normalized spacial score (nSPS) is 16.8. The van der Waals surface area contributed by atoms with Crippen molar-refractivity contribution in [2.45, 2.75) is 32.6 Å². The van der Waals surface area contributed by atoms with Gasteiger partial charge in [0, 0.05) is 6.92 Å². The van der Waals surface area contributed by atoms with Crippen molar-refractivity contribution >= 4 is 40.9 Å². The molecule has 1 heterocycles. The molecular formula is C20H22ClN3O3. The Balaban J connectivity index is 2.03. The molecule has 27 heavy (non-hydrogen) atoms. The lowest BCUT2D eigenvalue weighted by molar-refractivity contribution is -0.120. The summed E-state index contributed by atoms with van der Waals surface area (Å²) in [5.74, 6) is -1.74. The number of alkyl halides is 1. The number of hydrogen-bond donors (Lipinski definition) is 1. The third kappa shape index (κ3) is 6.90. The first-order valence-electron chi connectivity index (χ1n) is 8.79. The number of nitrogens with zero attached hydrogens (tertiary/aromatic N) is 2. The lowest BCUT2D eigenvalue weighted by atomic mass is 9.93. The smallest absolute Gasteiger partial charge is 0.258 e. The molecule has 0 aromatic heterocycles. The van der Waals surface area contributed by atoms with E-state index >= 15 is 0 Å². The van der Waals surface area contributed by atoms with Gasteiger partial charge in [-0.1, -0.05) is 36.8 Å². The average Bonchev–Trinajstić information content (AvgIpc) is 2.64. The Bertz CT molecular complexity index is 785. The lowest BCUT2D eigenvalue weighted by Gasteiger charge is -2.18. The molecule has 2 amide bonds. The number of allylic oxidation sites excluding steroid dienone is 2. The van der Waals surface area contributed by atoms with Crippen molar-refractivity contribution < 1.29 is 14.4 Å². The van der Waals surface area contributed by atoms with E-state index in [9.17, 15) is 14.4 Å². The summed E-state index contributed by atoms with van der Waals surface area (Å²) in [7, 11) is 0. The minimum absolute atomic E-state index is 0.0500. The summed E-state index contributed by atoms with van der Waals surface area (Å²) < 4.78 is 0. The van der Waals surface area contributed by atoms with E-state index in [2.05, 4.69) is 27.4 Å². The van der Waals surface area contributed by atoms with Crippen LogP contribution in [0.5, 0.6) is 0 Å². The van der Waals surface area contributed by atoms with Crippen molar-refractivity contribution in [3.8, 4) is 0 Å². The summed E-state index contributed by atoms with van der Waals surface area (Å²) in [6.07, 6.45) is 6.02. The number of nitrogens with one attached hydrogen (secondary N) is 1. The summed E-state index contributed by atoms with van der Waals surface area (Å²) in [6, 6.07) is 10.1. The number of amides is 2. The number of halogens is 1. The number of carbonyl (C=O) groups excluding carboxylic acids is 3. The predicted molar refractivity (Wildman–Crippen MR) is 106 cm³/mol. The maximum atomic E-state index is 12.4. The van der Waals surface area contributed by atoms with Gasteiger partial charge in [-0.3, -0.25) is 19.7 Å². The third-order valence-corrected chi connectivity index (χ3v) is 4.28. The van der Waals surface area contributed by atoms with Crippen LogP contribution in [0.25, 0.3) is 0 Å². The maximum absolute atomic E-state index is 12.4. The van der Waals surface area contributed by atoms with Gasteiger partial charge in [0.05, 0.1) is 17.5 Å². The summed E-state index contributed by atoms with van der Waals surface area (Å²) in [5, 5.41) is 2.41. The number of ketones is 1. The van der Waals surface area contributed by atoms with Crippen molar-refractivity contribution in [2.75, 3.05) is 5.88 Å². The molecule has 1 aliphatic rings. The molecular weight excluding hydrogens is 366 g/mol. The second kappa shape index (κ2) is 10.5. The molecule has 0 aliphatic carbocycles. The van der Waals surface area contributed by atoms with Crippen LogP contribution in [0.2, 0.25) is 0 Å². The second-order valence-corrected chi connectivity index (χ2v) is 6.48. The number of rotatable bonds is 8. The minimum Gasteiger partial charge on any atom is -0.295 e. The quantitative estimate of drug-likeness (QED) is 0.422. The molecule has 0 spiro atoms. The summed E-state index contributed by atoms with van der Waals surface area (Å²) in [6.45, 7) is 1.31. The van der Waals surface area contributed by atoms with Crippen LogP contribution in [0, 0.1) is 5.92 Å².